The summed E-state index contributed by atoms with van der Waals surface area (Å²) in [5, 5.41) is 1.47. The van der Waals surface area contributed by atoms with Crippen LogP contribution in [0.2, 0.25) is 0 Å². The molecule has 1 aliphatic carbocycles. The molecule has 1 atom stereocenters. The Balaban J connectivity index is -0.000000431. The van der Waals surface area contributed by atoms with Crippen molar-refractivity contribution >= 4 is 23.1 Å². The van der Waals surface area contributed by atoms with Gasteiger partial charge in [0.15, 0.2) is 0 Å². The number of rotatable bonds is 2. The first-order valence-electron chi connectivity index (χ1n) is 10.4. The molecule has 0 aromatic carbocycles. The van der Waals surface area contributed by atoms with E-state index >= 15 is 0 Å². The van der Waals surface area contributed by atoms with Gasteiger partial charge < -0.3 is 17.3 Å². The van der Waals surface area contributed by atoms with Crippen LogP contribution in [-0.2, 0) is 19.5 Å². The van der Waals surface area contributed by atoms with Crippen LogP contribution in [0, 0.1) is 0 Å². The van der Waals surface area contributed by atoms with Gasteiger partial charge in [0, 0.05) is 19.5 Å². The minimum absolute atomic E-state index is 0. The van der Waals surface area contributed by atoms with Crippen LogP contribution in [0.25, 0.3) is 0 Å². The van der Waals surface area contributed by atoms with Crippen LogP contribution < -0.4 is 0 Å². The van der Waals surface area contributed by atoms with Gasteiger partial charge in [0.25, 0.3) is 0 Å². The topological polar surface area (TPSA) is 0 Å². The molecule has 0 fully saturated rings. The summed E-state index contributed by atoms with van der Waals surface area (Å²) in [7, 11) is -5.78. The van der Waals surface area contributed by atoms with E-state index in [1.54, 1.807) is 0 Å². The first-order chi connectivity index (χ1) is 12.8. The molecule has 0 heterocycles. The molecule has 0 spiro atoms. The summed E-state index contributed by atoms with van der Waals surface area (Å²) in [4.78, 5) is 0. The Morgan fingerprint density at radius 3 is 1.03 bits per heavy atom. The van der Waals surface area contributed by atoms with Crippen molar-refractivity contribution in [3.8, 4) is 0 Å². The molecule has 0 aromatic rings. The standard InChI is InChI=1S/C14H32P2.C8H12.BF4.Rh/c1-12(2,3)15(10)11-16(13(4,5)6)14(7,8)9;1-2-4-6-8-7-5-3-1;2-1(3,4)5;/h11H2,1-10H3;1-2,7-8H,3-6H2;;/q;;-1;/b;2-1-,8-7-;;. The van der Waals surface area contributed by atoms with Gasteiger partial charge >= 0.3 is 7.25 Å². The molecular formula is C22H44BF4P2Rh-. The number of hydrogen-bond acceptors (Lipinski definition) is 0. The molecular weight excluding hydrogens is 516 g/mol. The van der Waals surface area contributed by atoms with Crippen LogP contribution in [-0.4, -0.2) is 35.3 Å². The second-order valence-electron chi connectivity index (χ2n) is 10.4. The van der Waals surface area contributed by atoms with Gasteiger partial charge in [-0.2, -0.15) is 0 Å². The molecule has 0 aliphatic heterocycles. The third-order valence-electron chi connectivity index (χ3n) is 4.45. The molecule has 0 amide bonds. The fourth-order valence-corrected chi connectivity index (χ4v) is 11.5. The van der Waals surface area contributed by atoms with E-state index in [1.165, 1.54) is 31.6 Å². The maximum atomic E-state index is 9.75. The molecule has 1 rings (SSSR count). The Morgan fingerprint density at radius 2 is 0.867 bits per heavy atom. The SMILES string of the molecule is C1=C\CC/C=C\CC/1.CP(CP(C(C)(C)C)C(C)(C)C)C(C)(C)C.F[B-](F)(F)F.[Rh]. The Morgan fingerprint density at radius 1 is 0.633 bits per heavy atom. The summed E-state index contributed by atoms with van der Waals surface area (Å²) in [6, 6.07) is 0. The van der Waals surface area contributed by atoms with E-state index in [-0.39, 0.29) is 35.3 Å². The molecule has 0 N–H and O–H groups in total. The molecule has 0 aromatic heterocycles. The Labute approximate surface area is 199 Å². The van der Waals surface area contributed by atoms with Gasteiger partial charge in [-0.1, -0.05) is 102 Å². The van der Waals surface area contributed by atoms with E-state index in [2.05, 4.69) is 93.3 Å². The van der Waals surface area contributed by atoms with Crippen molar-refractivity contribution in [2.75, 3.05) is 12.6 Å². The van der Waals surface area contributed by atoms with Crippen LogP contribution in [0.5, 0.6) is 0 Å². The molecule has 0 saturated carbocycles. The second-order valence-corrected chi connectivity index (χ2v) is 17.8. The second kappa shape index (κ2) is 15.6. The van der Waals surface area contributed by atoms with Gasteiger partial charge in [-0.15, -0.1) is 0 Å². The van der Waals surface area contributed by atoms with Crippen LogP contribution in [0.15, 0.2) is 24.3 Å². The van der Waals surface area contributed by atoms with E-state index < -0.39 is 7.25 Å². The molecule has 1 radical (unpaired) electrons. The van der Waals surface area contributed by atoms with Crippen LogP contribution in [0.3, 0.4) is 0 Å². The monoisotopic (exact) mass is 560 g/mol. The van der Waals surface area contributed by atoms with Gasteiger partial charge in [0.2, 0.25) is 0 Å². The molecule has 8 heteroatoms. The van der Waals surface area contributed by atoms with Crippen LogP contribution in [0.1, 0.15) is 88.0 Å². The quantitative estimate of drug-likeness (QED) is 0.137. The minimum atomic E-state index is -6.00. The number of halogens is 4. The average molecular weight is 560 g/mol. The number of allylic oxidation sites excluding steroid dienone is 4. The zero-order valence-corrected chi connectivity index (χ0v) is 24.1. The van der Waals surface area contributed by atoms with Crippen LogP contribution in [0.4, 0.5) is 17.3 Å². The van der Waals surface area contributed by atoms with Crippen molar-refractivity contribution in [2.24, 2.45) is 0 Å². The van der Waals surface area contributed by atoms with E-state index in [9.17, 15) is 17.3 Å². The number of hydrogen-bond donors (Lipinski definition) is 0. The molecule has 183 valence electrons. The molecule has 1 unspecified atom stereocenters. The average Bonchev–Trinajstić information content (AvgIpc) is 2.38. The predicted molar refractivity (Wildman–Crippen MR) is 131 cm³/mol. The van der Waals surface area contributed by atoms with Crippen molar-refractivity contribution in [1.82, 2.24) is 0 Å². The Bertz CT molecular complexity index is 441. The van der Waals surface area contributed by atoms with Gasteiger partial charge in [-0.05, 0) is 53.7 Å². The van der Waals surface area contributed by atoms with E-state index in [4.69, 9.17) is 0 Å². The molecule has 0 nitrogen and oxygen atoms in total. The summed E-state index contributed by atoms with van der Waals surface area (Å²) < 4.78 is 39.0. The van der Waals surface area contributed by atoms with Crippen molar-refractivity contribution < 1.29 is 36.7 Å². The summed E-state index contributed by atoms with van der Waals surface area (Å²) in [5.41, 5.74) is 0. The van der Waals surface area contributed by atoms with Crippen molar-refractivity contribution in [3.63, 3.8) is 0 Å². The van der Waals surface area contributed by atoms with E-state index in [1.807, 2.05) is 0 Å². The first-order valence-corrected chi connectivity index (χ1v) is 13.9. The van der Waals surface area contributed by atoms with Gasteiger partial charge in [-0.25, -0.2) is 0 Å². The zero-order valence-electron chi connectivity index (χ0n) is 20.7. The maximum absolute atomic E-state index is 9.75. The summed E-state index contributed by atoms with van der Waals surface area (Å²) in [6.07, 6.45) is 14.0. The maximum Gasteiger partial charge on any atom is 0.673 e. The van der Waals surface area contributed by atoms with Gasteiger partial charge in [0.1, 0.15) is 0 Å². The third kappa shape index (κ3) is 23.4. The molecule has 0 bridgehead atoms. The third-order valence-corrected chi connectivity index (χ3v) is 12.8. The smallest absolute Gasteiger partial charge is 0.418 e. The van der Waals surface area contributed by atoms with Crippen LogP contribution >= 0.6 is 15.8 Å². The van der Waals surface area contributed by atoms with Gasteiger partial charge in [0.05, 0.1) is 0 Å². The van der Waals surface area contributed by atoms with Crippen molar-refractivity contribution in [3.05, 3.63) is 24.3 Å². The zero-order chi connectivity index (χ0) is 23.5. The normalized spacial score (nSPS) is 18.4. The fraction of sp³-hybridized carbons (Fsp3) is 0.818. The summed E-state index contributed by atoms with van der Waals surface area (Å²) in [5.74, 6) is 1.46. The Kier molecular flexibility index (Phi) is 18.3. The largest absolute Gasteiger partial charge is 0.673 e. The fourth-order valence-electron chi connectivity index (χ4n) is 2.71. The Hall–Kier alpha value is 0.748. The summed E-state index contributed by atoms with van der Waals surface area (Å²) in [6.45, 7) is 24.2. The first kappa shape index (κ1) is 35.3. The van der Waals surface area contributed by atoms with E-state index in [0.717, 1.165) is 0 Å². The van der Waals surface area contributed by atoms with Crippen molar-refractivity contribution in [2.45, 2.75) is 103 Å². The summed E-state index contributed by atoms with van der Waals surface area (Å²) >= 11 is 0. The van der Waals surface area contributed by atoms with E-state index in [0.29, 0.717) is 15.5 Å². The molecule has 1 aliphatic rings. The molecule has 30 heavy (non-hydrogen) atoms. The van der Waals surface area contributed by atoms with Gasteiger partial charge in [-0.3, -0.25) is 0 Å². The predicted octanol–water partition coefficient (Wildman–Crippen LogP) is 9.90. The molecule has 0 saturated heterocycles. The van der Waals surface area contributed by atoms with Crippen molar-refractivity contribution in [1.29, 1.82) is 0 Å². The minimum Gasteiger partial charge on any atom is -0.418 e.